The molecule has 0 spiro atoms. The van der Waals surface area contributed by atoms with Gasteiger partial charge in [-0.3, -0.25) is 4.79 Å². The van der Waals surface area contributed by atoms with Crippen LogP contribution in [0.5, 0.6) is 0 Å². The number of hydrogen-bond donors (Lipinski definition) is 1. The lowest BCUT2D eigenvalue weighted by atomic mass is 9.94. The van der Waals surface area contributed by atoms with Gasteiger partial charge in [0.15, 0.2) is 0 Å². The summed E-state index contributed by atoms with van der Waals surface area (Å²) in [5.74, 6) is -5.06. The van der Waals surface area contributed by atoms with E-state index in [1.54, 1.807) is 30.3 Å². The van der Waals surface area contributed by atoms with Crippen molar-refractivity contribution in [1.29, 1.82) is 0 Å². The number of furan rings is 1. The number of fused-ring (bicyclic) bond motifs is 3. The number of carbonyl (C=O) groups is 1. The van der Waals surface area contributed by atoms with Gasteiger partial charge in [0.05, 0.1) is 0 Å². The maximum Gasteiger partial charge on any atom is 0.309 e. The van der Waals surface area contributed by atoms with Crippen LogP contribution in [0, 0.1) is 0 Å². The maximum atomic E-state index is 14.7. The molecule has 26 heavy (non-hydrogen) atoms. The summed E-state index contributed by atoms with van der Waals surface area (Å²) >= 11 is 0. The highest BCUT2D eigenvalue weighted by Crippen LogP contribution is 2.44. The van der Waals surface area contributed by atoms with Crippen molar-refractivity contribution in [2.24, 2.45) is 0 Å². The van der Waals surface area contributed by atoms with Crippen molar-refractivity contribution in [2.75, 3.05) is 0 Å². The van der Waals surface area contributed by atoms with E-state index in [2.05, 4.69) is 0 Å². The first-order chi connectivity index (χ1) is 12.5. The van der Waals surface area contributed by atoms with Crippen molar-refractivity contribution in [3.05, 3.63) is 72.3 Å². The second-order valence-corrected chi connectivity index (χ2v) is 6.10. The van der Waals surface area contributed by atoms with Crippen LogP contribution in [0.25, 0.3) is 33.1 Å². The number of rotatable bonds is 4. The van der Waals surface area contributed by atoms with Crippen molar-refractivity contribution in [2.45, 2.75) is 12.3 Å². The van der Waals surface area contributed by atoms with Gasteiger partial charge in [0.1, 0.15) is 17.6 Å². The minimum Gasteiger partial charge on any atom is -0.481 e. The molecule has 4 aromatic rings. The van der Waals surface area contributed by atoms with Crippen LogP contribution in [0.2, 0.25) is 0 Å². The highest BCUT2D eigenvalue weighted by Gasteiger charge is 2.37. The van der Waals surface area contributed by atoms with Gasteiger partial charge in [0.25, 0.3) is 5.92 Å². The number of carboxylic acids is 1. The Balaban J connectivity index is 2.08. The van der Waals surface area contributed by atoms with E-state index in [0.29, 0.717) is 22.1 Å². The predicted molar refractivity (Wildman–Crippen MR) is 95.3 cm³/mol. The highest BCUT2D eigenvalue weighted by atomic mass is 19.3. The Morgan fingerprint density at radius 1 is 0.962 bits per heavy atom. The first-order valence-corrected chi connectivity index (χ1v) is 8.07. The van der Waals surface area contributed by atoms with E-state index in [-0.39, 0.29) is 10.9 Å². The van der Waals surface area contributed by atoms with E-state index < -0.39 is 18.3 Å². The summed E-state index contributed by atoms with van der Waals surface area (Å²) in [7, 11) is 0. The number of alkyl halides is 2. The topological polar surface area (TPSA) is 50.4 Å². The summed E-state index contributed by atoms with van der Waals surface area (Å²) in [6, 6.07) is 19.1. The molecule has 3 aromatic carbocycles. The monoisotopic (exact) mass is 352 g/mol. The molecular weight excluding hydrogens is 338 g/mol. The van der Waals surface area contributed by atoms with Crippen LogP contribution in [0.3, 0.4) is 0 Å². The van der Waals surface area contributed by atoms with E-state index in [0.717, 1.165) is 5.56 Å². The minimum atomic E-state index is -3.51. The number of aliphatic carboxylic acids is 1. The van der Waals surface area contributed by atoms with E-state index >= 15 is 0 Å². The van der Waals surface area contributed by atoms with Crippen molar-refractivity contribution >= 4 is 27.9 Å². The van der Waals surface area contributed by atoms with E-state index in [4.69, 9.17) is 9.52 Å². The molecule has 0 amide bonds. The van der Waals surface area contributed by atoms with Crippen LogP contribution in [-0.4, -0.2) is 11.1 Å². The molecule has 130 valence electrons. The maximum absolute atomic E-state index is 14.7. The average molecular weight is 352 g/mol. The van der Waals surface area contributed by atoms with Crippen molar-refractivity contribution < 1.29 is 23.1 Å². The first kappa shape index (κ1) is 16.3. The van der Waals surface area contributed by atoms with Gasteiger partial charge in [0, 0.05) is 21.9 Å². The molecule has 3 nitrogen and oxygen atoms in total. The van der Waals surface area contributed by atoms with Gasteiger partial charge in [-0.15, -0.1) is 0 Å². The van der Waals surface area contributed by atoms with Crippen molar-refractivity contribution in [3.8, 4) is 11.1 Å². The van der Waals surface area contributed by atoms with Crippen molar-refractivity contribution in [3.63, 3.8) is 0 Å². The molecular formula is C21H14F2O3. The summed E-state index contributed by atoms with van der Waals surface area (Å²) < 4.78 is 35.2. The zero-order chi connectivity index (χ0) is 18.3. The van der Waals surface area contributed by atoms with Gasteiger partial charge >= 0.3 is 5.97 Å². The second kappa shape index (κ2) is 5.95. The van der Waals surface area contributed by atoms with Crippen molar-refractivity contribution in [1.82, 2.24) is 0 Å². The lowest BCUT2D eigenvalue weighted by molar-refractivity contribution is -0.145. The summed E-state index contributed by atoms with van der Waals surface area (Å²) in [6.45, 7) is 0. The van der Waals surface area contributed by atoms with Crippen LogP contribution in [0.4, 0.5) is 8.78 Å². The molecule has 0 atom stereocenters. The van der Waals surface area contributed by atoms with E-state index in [1.807, 2.05) is 30.3 Å². The largest absolute Gasteiger partial charge is 0.481 e. The van der Waals surface area contributed by atoms with Crippen LogP contribution >= 0.6 is 0 Å². The standard InChI is InChI=1S/C21H14F2O3/c22-21(23,12-18(24)25)16-11-10-14(13-6-2-1-3-7-13)20-19(16)15-8-4-5-9-17(15)26-20/h1-11H,12H2,(H,24,25). The first-order valence-electron chi connectivity index (χ1n) is 8.07. The van der Waals surface area contributed by atoms with Crippen LogP contribution in [0.1, 0.15) is 12.0 Å². The van der Waals surface area contributed by atoms with Crippen LogP contribution in [-0.2, 0) is 10.7 Å². The quantitative estimate of drug-likeness (QED) is 0.503. The number of benzene rings is 3. The Bertz CT molecular complexity index is 1110. The van der Waals surface area contributed by atoms with Gasteiger partial charge < -0.3 is 9.52 Å². The Morgan fingerprint density at radius 2 is 1.65 bits per heavy atom. The van der Waals surface area contributed by atoms with Crippen LogP contribution in [0.15, 0.2) is 71.1 Å². The molecule has 0 saturated heterocycles. The molecule has 0 saturated carbocycles. The van der Waals surface area contributed by atoms with Gasteiger partial charge in [0.2, 0.25) is 0 Å². The fourth-order valence-electron chi connectivity index (χ4n) is 3.26. The molecule has 1 aromatic heterocycles. The average Bonchev–Trinajstić information content (AvgIpc) is 3.00. The third kappa shape index (κ3) is 2.62. The smallest absolute Gasteiger partial charge is 0.309 e. The number of carboxylic acid groups (broad SMARTS) is 1. The second-order valence-electron chi connectivity index (χ2n) is 6.10. The molecule has 0 fully saturated rings. The zero-order valence-electron chi connectivity index (χ0n) is 13.6. The molecule has 0 aliphatic rings. The third-order valence-corrected chi connectivity index (χ3v) is 4.38. The minimum absolute atomic E-state index is 0.258. The fraction of sp³-hybridized carbons (Fsp3) is 0.0952. The Kier molecular flexibility index (Phi) is 3.72. The van der Waals surface area contributed by atoms with Gasteiger partial charge in [-0.2, -0.15) is 0 Å². The summed E-state index contributed by atoms with van der Waals surface area (Å²) in [5.41, 5.74) is 2.01. The third-order valence-electron chi connectivity index (χ3n) is 4.38. The molecule has 0 aliphatic carbocycles. The van der Waals surface area contributed by atoms with E-state index in [1.165, 1.54) is 6.07 Å². The van der Waals surface area contributed by atoms with Gasteiger partial charge in [-0.25, -0.2) is 8.78 Å². The van der Waals surface area contributed by atoms with Gasteiger partial charge in [-0.1, -0.05) is 60.7 Å². The fourth-order valence-corrected chi connectivity index (χ4v) is 3.26. The molecule has 0 radical (unpaired) electrons. The lowest BCUT2D eigenvalue weighted by Gasteiger charge is -2.16. The summed E-state index contributed by atoms with van der Waals surface area (Å²) in [4.78, 5) is 10.9. The molecule has 5 heteroatoms. The molecule has 0 aliphatic heterocycles. The Hall–Kier alpha value is -3.21. The normalized spacial score (nSPS) is 11.9. The summed E-state index contributed by atoms with van der Waals surface area (Å²) in [5, 5.41) is 9.68. The number of hydrogen-bond acceptors (Lipinski definition) is 2. The van der Waals surface area contributed by atoms with Crippen LogP contribution < -0.4 is 0 Å². The summed E-state index contributed by atoms with van der Waals surface area (Å²) in [6.07, 6.45) is -1.27. The SMILES string of the molecule is O=C(O)CC(F)(F)c1ccc(-c2ccccc2)c2oc3ccccc3c12. The lowest BCUT2D eigenvalue weighted by Crippen LogP contribution is -2.18. The molecule has 4 rings (SSSR count). The predicted octanol–water partition coefficient (Wildman–Crippen LogP) is 5.82. The molecule has 1 heterocycles. The van der Waals surface area contributed by atoms with E-state index in [9.17, 15) is 13.6 Å². The molecule has 0 unspecified atom stereocenters. The number of para-hydroxylation sites is 1. The zero-order valence-corrected chi connectivity index (χ0v) is 13.6. The number of halogens is 2. The highest BCUT2D eigenvalue weighted by molar-refractivity contribution is 6.11. The Labute approximate surface area is 147 Å². The Morgan fingerprint density at radius 3 is 2.38 bits per heavy atom. The van der Waals surface area contributed by atoms with Gasteiger partial charge in [-0.05, 0) is 11.6 Å². The molecule has 1 N–H and O–H groups in total. The molecule has 0 bridgehead atoms.